The standard InChI is InChI=1S/C13H16N6O2/c20-13(21)11-6-15-12(7-14-11)18-4-1-2-10(8-18)9-19-5-3-16-17-19/h3,5-7,10H,1-2,4,8-9H2,(H,20,21). The molecule has 1 aliphatic rings. The van der Waals surface area contributed by atoms with Crippen LogP contribution in [0.1, 0.15) is 23.3 Å². The number of aromatic carboxylic acids is 1. The molecular formula is C13H16N6O2. The van der Waals surface area contributed by atoms with Gasteiger partial charge in [0, 0.05) is 25.8 Å². The van der Waals surface area contributed by atoms with Gasteiger partial charge in [0.2, 0.25) is 0 Å². The minimum atomic E-state index is -1.06. The summed E-state index contributed by atoms with van der Waals surface area (Å²) >= 11 is 0. The van der Waals surface area contributed by atoms with Crippen LogP contribution in [0.4, 0.5) is 5.82 Å². The van der Waals surface area contributed by atoms with E-state index in [-0.39, 0.29) is 5.69 Å². The highest BCUT2D eigenvalue weighted by atomic mass is 16.4. The third-order valence-electron chi connectivity index (χ3n) is 3.62. The summed E-state index contributed by atoms with van der Waals surface area (Å²) in [7, 11) is 0. The largest absolute Gasteiger partial charge is 0.476 e. The minimum absolute atomic E-state index is 0.0325. The lowest BCUT2D eigenvalue weighted by molar-refractivity contribution is 0.0690. The van der Waals surface area contributed by atoms with Crippen LogP contribution >= 0.6 is 0 Å². The number of hydrogen-bond acceptors (Lipinski definition) is 6. The molecule has 21 heavy (non-hydrogen) atoms. The predicted molar refractivity (Wildman–Crippen MR) is 74.0 cm³/mol. The van der Waals surface area contributed by atoms with Crippen molar-refractivity contribution in [3.63, 3.8) is 0 Å². The summed E-state index contributed by atoms with van der Waals surface area (Å²) < 4.78 is 1.84. The Hall–Kier alpha value is -2.51. The van der Waals surface area contributed by atoms with Gasteiger partial charge in [-0.3, -0.25) is 4.68 Å². The van der Waals surface area contributed by atoms with Gasteiger partial charge >= 0.3 is 5.97 Å². The molecule has 8 nitrogen and oxygen atoms in total. The Morgan fingerprint density at radius 3 is 2.95 bits per heavy atom. The molecule has 0 bridgehead atoms. The number of anilines is 1. The van der Waals surface area contributed by atoms with Gasteiger partial charge in [0.25, 0.3) is 0 Å². The third-order valence-corrected chi connectivity index (χ3v) is 3.62. The zero-order valence-corrected chi connectivity index (χ0v) is 11.5. The second-order valence-corrected chi connectivity index (χ2v) is 5.14. The van der Waals surface area contributed by atoms with Crippen LogP contribution in [0, 0.1) is 5.92 Å². The van der Waals surface area contributed by atoms with E-state index < -0.39 is 5.97 Å². The molecule has 3 heterocycles. The van der Waals surface area contributed by atoms with Crippen LogP contribution in [-0.4, -0.2) is 49.1 Å². The van der Waals surface area contributed by atoms with Crippen molar-refractivity contribution < 1.29 is 9.90 Å². The smallest absolute Gasteiger partial charge is 0.356 e. The first-order valence-corrected chi connectivity index (χ1v) is 6.87. The average molecular weight is 288 g/mol. The summed E-state index contributed by atoms with van der Waals surface area (Å²) in [6.07, 6.45) is 8.58. The van der Waals surface area contributed by atoms with Crippen molar-refractivity contribution >= 4 is 11.8 Å². The molecule has 1 unspecified atom stereocenters. The summed E-state index contributed by atoms with van der Waals surface area (Å²) in [6.45, 7) is 2.60. The topological polar surface area (TPSA) is 97.0 Å². The minimum Gasteiger partial charge on any atom is -0.476 e. The molecule has 0 saturated carbocycles. The SMILES string of the molecule is O=C(O)c1cnc(N2CCCC(Cn3ccnn3)C2)cn1. The van der Waals surface area contributed by atoms with Crippen molar-refractivity contribution in [3.05, 3.63) is 30.5 Å². The molecular weight excluding hydrogens is 272 g/mol. The number of piperidine rings is 1. The summed E-state index contributed by atoms with van der Waals surface area (Å²) in [6, 6.07) is 0. The summed E-state index contributed by atoms with van der Waals surface area (Å²) in [4.78, 5) is 21.1. The van der Waals surface area contributed by atoms with Gasteiger partial charge in [-0.2, -0.15) is 0 Å². The van der Waals surface area contributed by atoms with Crippen LogP contribution in [0.15, 0.2) is 24.8 Å². The summed E-state index contributed by atoms with van der Waals surface area (Å²) in [5.74, 6) is 0.140. The van der Waals surface area contributed by atoms with Crippen molar-refractivity contribution in [2.75, 3.05) is 18.0 Å². The van der Waals surface area contributed by atoms with Gasteiger partial charge in [-0.15, -0.1) is 5.10 Å². The molecule has 1 saturated heterocycles. The normalized spacial score (nSPS) is 18.7. The Kier molecular flexibility index (Phi) is 3.76. The molecule has 1 fully saturated rings. The fraction of sp³-hybridized carbons (Fsp3) is 0.462. The van der Waals surface area contributed by atoms with Crippen LogP contribution in [0.2, 0.25) is 0 Å². The van der Waals surface area contributed by atoms with E-state index in [9.17, 15) is 4.79 Å². The van der Waals surface area contributed by atoms with Crippen LogP contribution in [0.5, 0.6) is 0 Å². The molecule has 0 aliphatic carbocycles. The number of aromatic nitrogens is 5. The number of rotatable bonds is 4. The Bertz CT molecular complexity index is 598. The zero-order valence-electron chi connectivity index (χ0n) is 11.5. The van der Waals surface area contributed by atoms with Gasteiger partial charge in [0.1, 0.15) is 5.82 Å². The van der Waals surface area contributed by atoms with Gasteiger partial charge in [0.05, 0.1) is 18.6 Å². The lowest BCUT2D eigenvalue weighted by atomic mass is 9.98. The number of carboxylic acid groups (broad SMARTS) is 1. The number of carbonyl (C=O) groups is 1. The van der Waals surface area contributed by atoms with E-state index in [1.54, 1.807) is 6.20 Å². The first kappa shape index (κ1) is 13.5. The number of nitrogens with zero attached hydrogens (tertiary/aromatic N) is 6. The van der Waals surface area contributed by atoms with E-state index in [1.165, 1.54) is 12.4 Å². The average Bonchev–Trinajstić information content (AvgIpc) is 3.00. The van der Waals surface area contributed by atoms with Crippen LogP contribution < -0.4 is 4.90 Å². The van der Waals surface area contributed by atoms with Gasteiger partial charge in [-0.1, -0.05) is 5.21 Å². The second kappa shape index (κ2) is 5.86. The van der Waals surface area contributed by atoms with Gasteiger partial charge < -0.3 is 10.0 Å². The lowest BCUT2D eigenvalue weighted by Gasteiger charge is -2.33. The van der Waals surface area contributed by atoms with Crippen molar-refractivity contribution in [1.82, 2.24) is 25.0 Å². The predicted octanol–water partition coefficient (Wildman–Crippen LogP) is 0.683. The molecule has 1 aliphatic heterocycles. The van der Waals surface area contributed by atoms with Crippen LogP contribution in [0.3, 0.4) is 0 Å². The molecule has 1 atom stereocenters. The quantitative estimate of drug-likeness (QED) is 0.883. The highest BCUT2D eigenvalue weighted by molar-refractivity contribution is 5.84. The second-order valence-electron chi connectivity index (χ2n) is 5.14. The van der Waals surface area contributed by atoms with Gasteiger partial charge in [-0.25, -0.2) is 14.8 Å². The zero-order chi connectivity index (χ0) is 14.7. The molecule has 110 valence electrons. The van der Waals surface area contributed by atoms with E-state index >= 15 is 0 Å². The molecule has 2 aromatic heterocycles. The van der Waals surface area contributed by atoms with Crippen molar-refractivity contribution in [3.8, 4) is 0 Å². The van der Waals surface area contributed by atoms with E-state index in [1.807, 2.05) is 10.9 Å². The lowest BCUT2D eigenvalue weighted by Crippen LogP contribution is -2.37. The molecule has 0 aromatic carbocycles. The Labute approximate surface area is 121 Å². The first-order valence-electron chi connectivity index (χ1n) is 6.87. The van der Waals surface area contributed by atoms with Gasteiger partial charge in [0.15, 0.2) is 5.69 Å². The Balaban J connectivity index is 1.66. The third kappa shape index (κ3) is 3.15. The molecule has 3 rings (SSSR count). The first-order chi connectivity index (χ1) is 10.2. The van der Waals surface area contributed by atoms with E-state index in [4.69, 9.17) is 5.11 Å². The summed E-state index contributed by atoms with van der Waals surface area (Å²) in [5.41, 5.74) is -0.0325. The Morgan fingerprint density at radius 1 is 1.38 bits per heavy atom. The van der Waals surface area contributed by atoms with E-state index in [2.05, 4.69) is 25.2 Å². The number of carboxylic acids is 1. The number of hydrogen-bond donors (Lipinski definition) is 1. The highest BCUT2D eigenvalue weighted by Gasteiger charge is 2.22. The maximum atomic E-state index is 10.8. The molecule has 2 aromatic rings. The van der Waals surface area contributed by atoms with Crippen LogP contribution in [0.25, 0.3) is 0 Å². The maximum absolute atomic E-state index is 10.8. The Morgan fingerprint density at radius 2 is 2.29 bits per heavy atom. The fourth-order valence-electron chi connectivity index (χ4n) is 2.61. The highest BCUT2D eigenvalue weighted by Crippen LogP contribution is 2.22. The summed E-state index contributed by atoms with van der Waals surface area (Å²) in [5, 5.41) is 16.6. The fourth-order valence-corrected chi connectivity index (χ4v) is 2.61. The van der Waals surface area contributed by atoms with Gasteiger partial charge in [-0.05, 0) is 18.8 Å². The molecule has 1 N–H and O–H groups in total. The maximum Gasteiger partial charge on any atom is 0.356 e. The van der Waals surface area contributed by atoms with E-state index in [0.29, 0.717) is 5.92 Å². The molecule has 0 radical (unpaired) electrons. The molecule has 0 amide bonds. The molecule has 0 spiro atoms. The van der Waals surface area contributed by atoms with Crippen molar-refractivity contribution in [1.29, 1.82) is 0 Å². The van der Waals surface area contributed by atoms with Crippen LogP contribution in [-0.2, 0) is 6.54 Å². The molecule has 8 heteroatoms. The van der Waals surface area contributed by atoms with Crippen molar-refractivity contribution in [2.24, 2.45) is 5.92 Å². The monoisotopic (exact) mass is 288 g/mol. The van der Waals surface area contributed by atoms with E-state index in [0.717, 1.165) is 38.3 Å². The van der Waals surface area contributed by atoms with Crippen molar-refractivity contribution in [2.45, 2.75) is 19.4 Å².